The number of para-hydroxylation sites is 1. The van der Waals surface area contributed by atoms with E-state index in [9.17, 15) is 9.18 Å². The summed E-state index contributed by atoms with van der Waals surface area (Å²) < 4.78 is 19.1. The molecule has 1 amide bonds. The van der Waals surface area contributed by atoms with Crippen molar-refractivity contribution in [1.82, 2.24) is 10.6 Å². The minimum absolute atomic E-state index is 0. The smallest absolute Gasteiger partial charge is 0.224 e. The number of benzene rings is 1. The average molecular weight is 317 g/mol. The molecule has 0 aromatic heterocycles. The standard InChI is InChI=1S/C15H21FN2O2.ClH/c1-2-12(20-14-6-4-3-5-13(14)16)10-18-15(19)11-7-8-17-9-11;/h3-6,11-12,17H,2,7-10H2,1H3,(H,18,19);1H. The van der Waals surface area contributed by atoms with Gasteiger partial charge in [0.25, 0.3) is 0 Å². The van der Waals surface area contributed by atoms with Crippen LogP contribution in [0.25, 0.3) is 0 Å². The first kappa shape index (κ1) is 17.7. The van der Waals surface area contributed by atoms with Gasteiger partial charge in [-0.15, -0.1) is 12.4 Å². The zero-order chi connectivity index (χ0) is 14.4. The van der Waals surface area contributed by atoms with Crippen LogP contribution in [0, 0.1) is 11.7 Å². The third-order valence-electron chi connectivity index (χ3n) is 3.52. The first-order chi connectivity index (χ1) is 9.70. The van der Waals surface area contributed by atoms with Gasteiger partial charge in [-0.05, 0) is 31.5 Å². The number of nitrogens with one attached hydrogen (secondary N) is 2. The molecule has 118 valence electrons. The van der Waals surface area contributed by atoms with Gasteiger partial charge in [-0.2, -0.15) is 0 Å². The van der Waals surface area contributed by atoms with Gasteiger partial charge in [0.15, 0.2) is 11.6 Å². The fraction of sp³-hybridized carbons (Fsp3) is 0.533. The summed E-state index contributed by atoms with van der Waals surface area (Å²) in [4.78, 5) is 11.9. The van der Waals surface area contributed by atoms with Crippen molar-refractivity contribution in [2.45, 2.75) is 25.9 Å². The maximum atomic E-state index is 13.5. The molecule has 6 heteroatoms. The van der Waals surface area contributed by atoms with Crippen molar-refractivity contribution in [3.8, 4) is 5.75 Å². The maximum Gasteiger partial charge on any atom is 0.224 e. The van der Waals surface area contributed by atoms with Crippen LogP contribution in [-0.2, 0) is 4.79 Å². The molecule has 2 rings (SSSR count). The number of ether oxygens (including phenoxy) is 1. The Morgan fingerprint density at radius 2 is 2.29 bits per heavy atom. The van der Waals surface area contributed by atoms with E-state index in [0.717, 1.165) is 19.5 Å². The highest BCUT2D eigenvalue weighted by Crippen LogP contribution is 2.18. The van der Waals surface area contributed by atoms with Crippen LogP contribution in [0.3, 0.4) is 0 Å². The van der Waals surface area contributed by atoms with E-state index in [1.54, 1.807) is 18.2 Å². The molecule has 1 saturated heterocycles. The van der Waals surface area contributed by atoms with Gasteiger partial charge in [0.2, 0.25) is 5.91 Å². The van der Waals surface area contributed by atoms with E-state index in [0.29, 0.717) is 13.0 Å². The Morgan fingerprint density at radius 3 is 2.90 bits per heavy atom. The summed E-state index contributed by atoms with van der Waals surface area (Å²) in [5.41, 5.74) is 0. The lowest BCUT2D eigenvalue weighted by molar-refractivity contribution is -0.124. The number of rotatable bonds is 6. The lowest BCUT2D eigenvalue weighted by atomic mass is 10.1. The molecule has 0 bridgehead atoms. The number of hydrogen-bond acceptors (Lipinski definition) is 3. The molecule has 0 spiro atoms. The minimum atomic E-state index is -0.378. The van der Waals surface area contributed by atoms with Crippen LogP contribution in [0.2, 0.25) is 0 Å². The predicted octanol–water partition coefficient (Wildman–Crippen LogP) is 2.13. The first-order valence-corrected chi connectivity index (χ1v) is 7.10. The van der Waals surface area contributed by atoms with Crippen molar-refractivity contribution in [2.75, 3.05) is 19.6 Å². The zero-order valence-electron chi connectivity index (χ0n) is 12.1. The second kappa shape index (κ2) is 8.85. The Morgan fingerprint density at radius 1 is 1.52 bits per heavy atom. The quantitative estimate of drug-likeness (QED) is 0.845. The highest BCUT2D eigenvalue weighted by molar-refractivity contribution is 5.85. The van der Waals surface area contributed by atoms with Crippen LogP contribution in [0.4, 0.5) is 4.39 Å². The number of halogens is 2. The minimum Gasteiger partial charge on any atom is -0.486 e. The highest BCUT2D eigenvalue weighted by Gasteiger charge is 2.23. The zero-order valence-corrected chi connectivity index (χ0v) is 12.9. The molecular formula is C15H22ClFN2O2. The molecule has 1 aliphatic rings. The Labute approximate surface area is 130 Å². The molecule has 1 heterocycles. The molecule has 21 heavy (non-hydrogen) atoms. The Balaban J connectivity index is 0.00000220. The summed E-state index contributed by atoms with van der Waals surface area (Å²) in [6, 6.07) is 6.32. The average Bonchev–Trinajstić information content (AvgIpc) is 2.99. The maximum absolute atomic E-state index is 13.5. The summed E-state index contributed by atoms with van der Waals surface area (Å²) >= 11 is 0. The summed E-state index contributed by atoms with van der Waals surface area (Å²) in [5.74, 6) is -0.0556. The van der Waals surface area contributed by atoms with Gasteiger partial charge >= 0.3 is 0 Å². The Hall–Kier alpha value is -1.33. The monoisotopic (exact) mass is 316 g/mol. The second-order valence-electron chi connectivity index (χ2n) is 5.01. The summed E-state index contributed by atoms with van der Waals surface area (Å²) in [5, 5.41) is 6.05. The summed E-state index contributed by atoms with van der Waals surface area (Å²) in [6.07, 6.45) is 1.36. The second-order valence-corrected chi connectivity index (χ2v) is 5.01. The van der Waals surface area contributed by atoms with Gasteiger partial charge in [-0.1, -0.05) is 19.1 Å². The van der Waals surface area contributed by atoms with Gasteiger partial charge in [0, 0.05) is 6.54 Å². The van der Waals surface area contributed by atoms with Crippen molar-refractivity contribution in [3.63, 3.8) is 0 Å². The van der Waals surface area contributed by atoms with E-state index < -0.39 is 0 Å². The lowest BCUT2D eigenvalue weighted by Crippen LogP contribution is -2.39. The molecule has 0 saturated carbocycles. The molecule has 2 unspecified atom stereocenters. The van der Waals surface area contributed by atoms with Gasteiger partial charge in [0.1, 0.15) is 6.10 Å². The molecule has 1 aliphatic heterocycles. The molecule has 1 aromatic rings. The number of carbonyl (C=O) groups is 1. The van der Waals surface area contributed by atoms with Crippen LogP contribution in [0.15, 0.2) is 24.3 Å². The highest BCUT2D eigenvalue weighted by atomic mass is 35.5. The third kappa shape index (κ3) is 5.17. The first-order valence-electron chi connectivity index (χ1n) is 7.10. The van der Waals surface area contributed by atoms with Gasteiger partial charge in [-0.3, -0.25) is 4.79 Å². The lowest BCUT2D eigenvalue weighted by Gasteiger charge is -2.19. The summed E-state index contributed by atoms with van der Waals surface area (Å²) in [6.45, 7) is 3.98. The van der Waals surface area contributed by atoms with Crippen molar-refractivity contribution >= 4 is 18.3 Å². The predicted molar refractivity (Wildman–Crippen MR) is 82.3 cm³/mol. The van der Waals surface area contributed by atoms with E-state index >= 15 is 0 Å². The van der Waals surface area contributed by atoms with Crippen molar-refractivity contribution in [3.05, 3.63) is 30.1 Å². The van der Waals surface area contributed by atoms with E-state index in [2.05, 4.69) is 10.6 Å². The van der Waals surface area contributed by atoms with Crippen molar-refractivity contribution in [1.29, 1.82) is 0 Å². The van der Waals surface area contributed by atoms with E-state index in [-0.39, 0.29) is 41.9 Å². The normalized spacial score (nSPS) is 18.7. The molecule has 4 nitrogen and oxygen atoms in total. The van der Waals surface area contributed by atoms with Gasteiger partial charge in [0.05, 0.1) is 12.5 Å². The molecule has 2 atom stereocenters. The molecule has 1 fully saturated rings. The number of amides is 1. The Bertz CT molecular complexity index is 453. The fourth-order valence-corrected chi connectivity index (χ4v) is 2.23. The van der Waals surface area contributed by atoms with E-state index in [1.807, 2.05) is 6.92 Å². The van der Waals surface area contributed by atoms with Crippen molar-refractivity contribution < 1.29 is 13.9 Å². The summed E-state index contributed by atoms with van der Waals surface area (Å²) in [7, 11) is 0. The fourth-order valence-electron chi connectivity index (χ4n) is 2.23. The van der Waals surface area contributed by atoms with Crippen LogP contribution in [0.1, 0.15) is 19.8 Å². The van der Waals surface area contributed by atoms with E-state index in [4.69, 9.17) is 4.74 Å². The molecule has 2 N–H and O–H groups in total. The molecular weight excluding hydrogens is 295 g/mol. The van der Waals surface area contributed by atoms with Crippen LogP contribution in [-0.4, -0.2) is 31.6 Å². The number of hydrogen-bond donors (Lipinski definition) is 2. The molecule has 0 aliphatic carbocycles. The Kier molecular flexibility index (Phi) is 7.47. The topological polar surface area (TPSA) is 50.4 Å². The van der Waals surface area contributed by atoms with Crippen LogP contribution >= 0.6 is 12.4 Å². The van der Waals surface area contributed by atoms with Gasteiger partial charge < -0.3 is 15.4 Å². The van der Waals surface area contributed by atoms with Crippen molar-refractivity contribution in [2.24, 2.45) is 5.92 Å². The molecule has 0 radical (unpaired) electrons. The van der Waals surface area contributed by atoms with E-state index in [1.165, 1.54) is 6.07 Å². The SMILES string of the molecule is CCC(CNC(=O)C1CCNC1)Oc1ccccc1F.Cl. The number of carbonyl (C=O) groups excluding carboxylic acids is 1. The third-order valence-corrected chi connectivity index (χ3v) is 3.52. The van der Waals surface area contributed by atoms with Crippen LogP contribution in [0.5, 0.6) is 5.75 Å². The van der Waals surface area contributed by atoms with Crippen LogP contribution < -0.4 is 15.4 Å². The van der Waals surface area contributed by atoms with Gasteiger partial charge in [-0.25, -0.2) is 4.39 Å². The largest absolute Gasteiger partial charge is 0.486 e. The molecule has 1 aromatic carbocycles.